The van der Waals surface area contributed by atoms with Crippen molar-refractivity contribution in [2.24, 2.45) is 0 Å². The molecule has 1 aliphatic heterocycles. The van der Waals surface area contributed by atoms with Gasteiger partial charge in [0.1, 0.15) is 10.6 Å². The van der Waals surface area contributed by atoms with Crippen LogP contribution in [-0.2, 0) is 19.9 Å². The minimum Gasteiger partial charge on any atom is -0.495 e. The third-order valence-corrected chi connectivity index (χ3v) is 8.99. The van der Waals surface area contributed by atoms with Crippen LogP contribution in [0.25, 0.3) is 0 Å². The van der Waals surface area contributed by atoms with Crippen molar-refractivity contribution in [3.8, 4) is 5.75 Å². The zero-order chi connectivity index (χ0) is 20.5. The molecule has 8 heteroatoms. The van der Waals surface area contributed by atoms with E-state index in [1.165, 1.54) is 23.5 Å². The predicted molar refractivity (Wildman–Crippen MR) is 108 cm³/mol. The van der Waals surface area contributed by atoms with Gasteiger partial charge in [0.2, 0.25) is 10.0 Å². The topological polar surface area (TPSA) is 80.8 Å². The van der Waals surface area contributed by atoms with Crippen LogP contribution in [0.3, 0.4) is 0 Å². The SMILES string of the molecule is COc1cc(C)c(C)cc1S(=O)(=O)N1CCCC1CS(=O)(=O)c1ccccc1. The molecule has 0 N–H and O–H groups in total. The summed E-state index contributed by atoms with van der Waals surface area (Å²) in [6.07, 6.45) is 1.14. The molecular formula is C20H25NO5S2. The smallest absolute Gasteiger partial charge is 0.247 e. The van der Waals surface area contributed by atoms with Crippen molar-refractivity contribution in [2.45, 2.75) is 42.5 Å². The van der Waals surface area contributed by atoms with Gasteiger partial charge >= 0.3 is 0 Å². The largest absolute Gasteiger partial charge is 0.495 e. The highest BCUT2D eigenvalue weighted by atomic mass is 32.2. The molecule has 1 saturated heterocycles. The lowest BCUT2D eigenvalue weighted by Crippen LogP contribution is -2.39. The van der Waals surface area contributed by atoms with Crippen molar-refractivity contribution >= 4 is 19.9 Å². The number of sulfonamides is 1. The molecule has 1 aliphatic rings. The molecule has 2 aromatic rings. The summed E-state index contributed by atoms with van der Waals surface area (Å²) in [6.45, 7) is 4.03. The summed E-state index contributed by atoms with van der Waals surface area (Å²) >= 11 is 0. The fraction of sp³-hybridized carbons (Fsp3) is 0.400. The number of sulfone groups is 1. The first-order valence-electron chi connectivity index (χ1n) is 9.11. The fourth-order valence-electron chi connectivity index (χ4n) is 3.52. The summed E-state index contributed by atoms with van der Waals surface area (Å²) in [7, 11) is -6.03. The summed E-state index contributed by atoms with van der Waals surface area (Å²) in [6, 6.07) is 10.9. The summed E-state index contributed by atoms with van der Waals surface area (Å²) in [5.74, 6) is 0.0447. The number of nitrogens with zero attached hydrogens (tertiary/aromatic N) is 1. The van der Waals surface area contributed by atoms with Crippen molar-refractivity contribution in [1.82, 2.24) is 4.31 Å². The van der Waals surface area contributed by atoms with E-state index in [1.807, 2.05) is 13.8 Å². The van der Waals surface area contributed by atoms with E-state index >= 15 is 0 Å². The van der Waals surface area contributed by atoms with Crippen molar-refractivity contribution < 1.29 is 21.6 Å². The van der Waals surface area contributed by atoms with E-state index in [0.717, 1.165) is 11.1 Å². The van der Waals surface area contributed by atoms with Crippen LogP contribution < -0.4 is 4.74 Å². The van der Waals surface area contributed by atoms with Crippen LogP contribution in [0, 0.1) is 13.8 Å². The van der Waals surface area contributed by atoms with E-state index in [4.69, 9.17) is 4.74 Å². The maximum atomic E-state index is 13.4. The fourth-order valence-corrected chi connectivity index (χ4v) is 7.15. The number of methoxy groups -OCH3 is 1. The Hall–Kier alpha value is -1.90. The molecule has 1 heterocycles. The molecular weight excluding hydrogens is 398 g/mol. The van der Waals surface area contributed by atoms with Gasteiger partial charge in [-0.1, -0.05) is 18.2 Å². The average molecular weight is 424 g/mol. The van der Waals surface area contributed by atoms with E-state index in [0.29, 0.717) is 19.4 Å². The van der Waals surface area contributed by atoms with Gasteiger partial charge in [-0.2, -0.15) is 4.31 Å². The second kappa shape index (κ2) is 7.85. The second-order valence-corrected chi connectivity index (χ2v) is 11.0. The first-order valence-corrected chi connectivity index (χ1v) is 12.2. The summed E-state index contributed by atoms with van der Waals surface area (Å²) in [5.41, 5.74) is 1.77. The van der Waals surface area contributed by atoms with Crippen molar-refractivity contribution in [2.75, 3.05) is 19.4 Å². The Morgan fingerprint density at radius 1 is 1.04 bits per heavy atom. The number of hydrogen-bond donors (Lipinski definition) is 0. The molecule has 0 radical (unpaired) electrons. The molecule has 3 rings (SSSR count). The number of benzene rings is 2. The van der Waals surface area contributed by atoms with E-state index in [1.54, 1.807) is 30.3 Å². The zero-order valence-electron chi connectivity index (χ0n) is 16.3. The van der Waals surface area contributed by atoms with Gasteiger partial charge in [0, 0.05) is 12.6 Å². The van der Waals surface area contributed by atoms with Gasteiger partial charge in [0.05, 0.1) is 17.8 Å². The highest BCUT2D eigenvalue weighted by Gasteiger charge is 2.39. The van der Waals surface area contributed by atoms with Gasteiger partial charge in [0.25, 0.3) is 0 Å². The lowest BCUT2D eigenvalue weighted by atomic mass is 10.1. The zero-order valence-corrected chi connectivity index (χ0v) is 17.9. The standard InChI is InChI=1S/C20H25NO5S2/c1-15-12-19(26-3)20(13-16(15)2)28(24,25)21-11-7-8-17(21)14-27(22,23)18-9-5-4-6-10-18/h4-6,9-10,12-13,17H,7-8,11,14H2,1-3H3. The Labute approximate surface area is 167 Å². The number of hydrogen-bond acceptors (Lipinski definition) is 5. The highest BCUT2D eigenvalue weighted by molar-refractivity contribution is 7.91. The quantitative estimate of drug-likeness (QED) is 0.714. The molecule has 0 aromatic heterocycles. The van der Waals surface area contributed by atoms with Crippen LogP contribution in [0.4, 0.5) is 0 Å². The van der Waals surface area contributed by atoms with Crippen LogP contribution in [-0.4, -0.2) is 46.6 Å². The Balaban J connectivity index is 1.96. The average Bonchev–Trinajstić information content (AvgIpc) is 3.12. The maximum Gasteiger partial charge on any atom is 0.247 e. The van der Waals surface area contributed by atoms with Gasteiger partial charge in [-0.3, -0.25) is 0 Å². The minimum atomic E-state index is -3.88. The third kappa shape index (κ3) is 3.94. The van der Waals surface area contributed by atoms with Crippen LogP contribution in [0.2, 0.25) is 0 Å². The van der Waals surface area contributed by atoms with Gasteiger partial charge < -0.3 is 4.74 Å². The van der Waals surface area contributed by atoms with E-state index < -0.39 is 25.9 Å². The molecule has 152 valence electrons. The van der Waals surface area contributed by atoms with Crippen molar-refractivity contribution in [3.05, 3.63) is 53.6 Å². The molecule has 28 heavy (non-hydrogen) atoms. The molecule has 2 aromatic carbocycles. The molecule has 0 saturated carbocycles. The van der Waals surface area contributed by atoms with E-state index in [-0.39, 0.29) is 21.3 Å². The maximum absolute atomic E-state index is 13.4. The van der Waals surface area contributed by atoms with E-state index in [9.17, 15) is 16.8 Å². The highest BCUT2D eigenvalue weighted by Crippen LogP contribution is 2.34. The van der Waals surface area contributed by atoms with Crippen LogP contribution in [0.5, 0.6) is 5.75 Å². The molecule has 1 unspecified atom stereocenters. The van der Waals surface area contributed by atoms with E-state index in [2.05, 4.69) is 0 Å². The molecule has 1 atom stereocenters. The molecule has 0 aliphatic carbocycles. The number of aryl methyl sites for hydroxylation is 2. The van der Waals surface area contributed by atoms with Crippen LogP contribution >= 0.6 is 0 Å². The first-order chi connectivity index (χ1) is 13.2. The molecule has 6 nitrogen and oxygen atoms in total. The first kappa shape index (κ1) is 20.8. The van der Waals surface area contributed by atoms with Gasteiger partial charge in [-0.15, -0.1) is 0 Å². The lowest BCUT2D eigenvalue weighted by molar-refractivity contribution is 0.386. The molecule has 0 amide bonds. The van der Waals surface area contributed by atoms with Crippen LogP contribution in [0.15, 0.2) is 52.3 Å². The van der Waals surface area contributed by atoms with Crippen molar-refractivity contribution in [1.29, 1.82) is 0 Å². The summed E-state index contributed by atoms with van der Waals surface area (Å²) in [4.78, 5) is 0.296. The molecule has 1 fully saturated rings. The number of ether oxygens (including phenoxy) is 1. The third-order valence-electron chi connectivity index (χ3n) is 5.20. The van der Waals surface area contributed by atoms with Gasteiger partial charge in [-0.25, -0.2) is 16.8 Å². The Morgan fingerprint density at radius 2 is 1.68 bits per heavy atom. The van der Waals surface area contributed by atoms with Crippen LogP contribution in [0.1, 0.15) is 24.0 Å². The normalized spacial score (nSPS) is 18.3. The van der Waals surface area contributed by atoms with Gasteiger partial charge in [-0.05, 0) is 62.1 Å². The Morgan fingerprint density at radius 3 is 2.32 bits per heavy atom. The summed E-state index contributed by atoms with van der Waals surface area (Å²) in [5, 5.41) is 0. The number of rotatable bonds is 6. The molecule has 0 spiro atoms. The Bertz CT molecular complexity index is 1060. The monoisotopic (exact) mass is 423 g/mol. The molecule has 0 bridgehead atoms. The van der Waals surface area contributed by atoms with Gasteiger partial charge in [0.15, 0.2) is 9.84 Å². The Kier molecular flexibility index (Phi) is 5.84. The second-order valence-electron chi connectivity index (χ2n) is 7.09. The predicted octanol–water partition coefficient (Wildman–Crippen LogP) is 2.94. The lowest BCUT2D eigenvalue weighted by Gasteiger charge is -2.25. The summed E-state index contributed by atoms with van der Waals surface area (Å²) < 4.78 is 58.9. The van der Waals surface area contributed by atoms with Crippen molar-refractivity contribution in [3.63, 3.8) is 0 Å². The minimum absolute atomic E-state index is 0.0853.